The molecule has 1 aromatic rings. The van der Waals surface area contributed by atoms with Gasteiger partial charge in [-0.25, -0.2) is 0 Å². The van der Waals surface area contributed by atoms with Crippen LogP contribution in [0.2, 0.25) is 0 Å². The molecule has 2 amide bonds. The molecule has 2 heterocycles. The Morgan fingerprint density at radius 2 is 2.06 bits per heavy atom. The lowest BCUT2D eigenvalue weighted by atomic mass is 9.94. The Hall–Kier alpha value is -1.20. The van der Waals surface area contributed by atoms with Crippen LogP contribution in [0.4, 0.5) is 0 Å². The third-order valence-electron chi connectivity index (χ3n) is 2.74. The molecule has 86 valence electrons. The van der Waals surface area contributed by atoms with Crippen molar-refractivity contribution in [2.24, 2.45) is 5.73 Å². The summed E-state index contributed by atoms with van der Waals surface area (Å²) in [6.45, 7) is 0.677. The lowest BCUT2D eigenvalue weighted by molar-refractivity contribution is -0.148. The Balaban J connectivity index is 2.09. The van der Waals surface area contributed by atoms with Gasteiger partial charge in [-0.05, 0) is 11.4 Å². The first-order valence-electron chi connectivity index (χ1n) is 5.29. The van der Waals surface area contributed by atoms with Crippen molar-refractivity contribution in [2.45, 2.75) is 18.8 Å². The molecule has 0 aliphatic carbocycles. The van der Waals surface area contributed by atoms with Gasteiger partial charge in [-0.1, -0.05) is 6.07 Å². The number of likely N-dealkylation sites (tertiary alicyclic amines) is 1. The molecule has 0 bridgehead atoms. The van der Waals surface area contributed by atoms with E-state index in [2.05, 4.69) is 0 Å². The summed E-state index contributed by atoms with van der Waals surface area (Å²) < 4.78 is 0. The van der Waals surface area contributed by atoms with Crippen molar-refractivity contribution >= 4 is 23.2 Å². The number of carbonyl (C=O) groups excluding carboxylic acids is 2. The summed E-state index contributed by atoms with van der Waals surface area (Å²) in [4.78, 5) is 25.9. The first kappa shape index (κ1) is 11.3. The number of piperidine rings is 1. The van der Waals surface area contributed by atoms with Gasteiger partial charge in [0, 0.05) is 36.7 Å². The van der Waals surface area contributed by atoms with Gasteiger partial charge < -0.3 is 5.73 Å². The lowest BCUT2D eigenvalue weighted by Gasteiger charge is -2.29. The summed E-state index contributed by atoms with van der Waals surface area (Å²) >= 11 is 1.60. The van der Waals surface area contributed by atoms with Crippen molar-refractivity contribution in [1.29, 1.82) is 0 Å². The Morgan fingerprint density at radius 1 is 1.38 bits per heavy atom. The molecule has 4 nitrogen and oxygen atoms in total. The van der Waals surface area contributed by atoms with Gasteiger partial charge in [0.05, 0.1) is 0 Å². The molecule has 2 rings (SSSR count). The van der Waals surface area contributed by atoms with Crippen LogP contribution in [0.15, 0.2) is 17.5 Å². The van der Waals surface area contributed by atoms with Crippen molar-refractivity contribution in [2.75, 3.05) is 13.1 Å². The van der Waals surface area contributed by atoms with Gasteiger partial charge in [0.2, 0.25) is 11.8 Å². The second kappa shape index (κ2) is 4.76. The highest BCUT2D eigenvalue weighted by molar-refractivity contribution is 7.10. The largest absolute Gasteiger partial charge is 0.329 e. The summed E-state index contributed by atoms with van der Waals surface area (Å²) in [5.74, 6) is -0.130. The van der Waals surface area contributed by atoms with Gasteiger partial charge in [0.1, 0.15) is 0 Å². The summed E-state index contributed by atoms with van der Waals surface area (Å²) in [6.07, 6.45) is 0.846. The number of rotatable bonds is 3. The third-order valence-corrected chi connectivity index (χ3v) is 3.78. The minimum absolute atomic E-state index is 0.0639. The molecule has 2 N–H and O–H groups in total. The highest BCUT2D eigenvalue weighted by Gasteiger charge is 2.32. The molecule has 0 aromatic carbocycles. The molecule has 0 saturated carbocycles. The van der Waals surface area contributed by atoms with E-state index in [0.29, 0.717) is 25.9 Å². The highest BCUT2D eigenvalue weighted by Crippen LogP contribution is 2.31. The minimum Gasteiger partial charge on any atom is -0.329 e. The average Bonchev–Trinajstić information content (AvgIpc) is 2.76. The Morgan fingerprint density at radius 3 is 2.56 bits per heavy atom. The molecule has 1 aliphatic rings. The zero-order valence-corrected chi connectivity index (χ0v) is 9.70. The Kier molecular flexibility index (Phi) is 3.36. The van der Waals surface area contributed by atoms with E-state index >= 15 is 0 Å². The van der Waals surface area contributed by atoms with Crippen molar-refractivity contribution in [3.05, 3.63) is 22.4 Å². The molecule has 0 atom stereocenters. The number of imide groups is 1. The molecule has 1 fully saturated rings. The fourth-order valence-corrected chi connectivity index (χ4v) is 2.79. The second-order valence-corrected chi connectivity index (χ2v) is 4.83. The molecule has 0 unspecified atom stereocenters. The topological polar surface area (TPSA) is 63.4 Å². The predicted molar refractivity (Wildman–Crippen MR) is 62.1 cm³/mol. The van der Waals surface area contributed by atoms with Crippen LogP contribution in [0.25, 0.3) is 0 Å². The van der Waals surface area contributed by atoms with Crippen LogP contribution >= 0.6 is 11.3 Å². The maximum Gasteiger partial charge on any atom is 0.229 e. The first-order chi connectivity index (χ1) is 7.72. The van der Waals surface area contributed by atoms with Gasteiger partial charge in [-0.2, -0.15) is 0 Å². The number of carbonyl (C=O) groups is 2. The highest BCUT2D eigenvalue weighted by atomic mass is 32.1. The van der Waals surface area contributed by atoms with Crippen LogP contribution in [0, 0.1) is 0 Å². The van der Waals surface area contributed by atoms with Crippen LogP contribution in [0.5, 0.6) is 0 Å². The van der Waals surface area contributed by atoms with E-state index in [1.807, 2.05) is 17.5 Å². The molecule has 1 aliphatic heterocycles. The molecule has 0 radical (unpaired) electrons. The zero-order chi connectivity index (χ0) is 11.5. The lowest BCUT2D eigenvalue weighted by Crippen LogP contribution is -2.44. The standard InChI is InChI=1S/C11H14N2O2S/c12-3-4-13-10(14)6-8(7-11(13)15)9-2-1-5-16-9/h1-2,5,8H,3-4,6-7,12H2. The van der Waals surface area contributed by atoms with Gasteiger partial charge in [0.25, 0.3) is 0 Å². The maximum absolute atomic E-state index is 11.8. The number of amides is 2. The normalized spacial score (nSPS) is 18.2. The van der Waals surface area contributed by atoms with Gasteiger partial charge in [-0.15, -0.1) is 11.3 Å². The van der Waals surface area contributed by atoms with E-state index in [1.165, 1.54) is 4.90 Å². The van der Waals surface area contributed by atoms with Crippen LogP contribution < -0.4 is 5.73 Å². The van der Waals surface area contributed by atoms with Crippen LogP contribution in [0.3, 0.4) is 0 Å². The number of hydrogen-bond acceptors (Lipinski definition) is 4. The second-order valence-electron chi connectivity index (χ2n) is 3.85. The number of thiophene rings is 1. The van der Waals surface area contributed by atoms with Crippen molar-refractivity contribution in [3.63, 3.8) is 0 Å². The van der Waals surface area contributed by atoms with Crippen LogP contribution in [-0.4, -0.2) is 29.8 Å². The first-order valence-corrected chi connectivity index (χ1v) is 6.17. The summed E-state index contributed by atoms with van der Waals surface area (Å²) in [5.41, 5.74) is 5.37. The monoisotopic (exact) mass is 238 g/mol. The molecule has 5 heteroatoms. The number of hydrogen-bond donors (Lipinski definition) is 1. The van der Waals surface area contributed by atoms with E-state index in [0.717, 1.165) is 4.88 Å². The maximum atomic E-state index is 11.8. The molecule has 1 aromatic heterocycles. The van der Waals surface area contributed by atoms with E-state index in [4.69, 9.17) is 5.73 Å². The molecule has 0 spiro atoms. The Bertz CT molecular complexity index is 371. The van der Waals surface area contributed by atoms with Crippen molar-refractivity contribution in [3.8, 4) is 0 Å². The van der Waals surface area contributed by atoms with Crippen molar-refractivity contribution < 1.29 is 9.59 Å². The zero-order valence-electron chi connectivity index (χ0n) is 8.89. The van der Waals surface area contributed by atoms with Crippen molar-refractivity contribution in [1.82, 2.24) is 4.90 Å². The summed E-state index contributed by atoms with van der Waals surface area (Å²) in [6, 6.07) is 3.93. The fourth-order valence-electron chi connectivity index (χ4n) is 1.96. The number of nitrogens with two attached hydrogens (primary N) is 1. The number of nitrogens with zero attached hydrogens (tertiary/aromatic N) is 1. The molecule has 16 heavy (non-hydrogen) atoms. The Labute approximate surface area is 98.0 Å². The SMILES string of the molecule is NCCN1C(=O)CC(c2cccs2)CC1=O. The predicted octanol–water partition coefficient (Wildman–Crippen LogP) is 0.939. The molecular formula is C11H14N2O2S. The fraction of sp³-hybridized carbons (Fsp3) is 0.455. The van der Waals surface area contributed by atoms with E-state index < -0.39 is 0 Å². The van der Waals surface area contributed by atoms with Gasteiger partial charge in [-0.3, -0.25) is 14.5 Å². The summed E-state index contributed by atoms with van der Waals surface area (Å²) in [7, 11) is 0. The quantitative estimate of drug-likeness (QED) is 0.797. The van der Waals surface area contributed by atoms with E-state index in [1.54, 1.807) is 11.3 Å². The smallest absolute Gasteiger partial charge is 0.229 e. The third kappa shape index (κ3) is 2.15. The van der Waals surface area contributed by atoms with Crippen LogP contribution in [0.1, 0.15) is 23.6 Å². The van der Waals surface area contributed by atoms with Gasteiger partial charge >= 0.3 is 0 Å². The van der Waals surface area contributed by atoms with Crippen LogP contribution in [-0.2, 0) is 9.59 Å². The minimum atomic E-state index is -0.0971. The molecular weight excluding hydrogens is 224 g/mol. The van der Waals surface area contributed by atoms with E-state index in [-0.39, 0.29) is 17.7 Å². The van der Waals surface area contributed by atoms with E-state index in [9.17, 15) is 9.59 Å². The molecule has 1 saturated heterocycles. The van der Waals surface area contributed by atoms with Gasteiger partial charge in [0.15, 0.2) is 0 Å². The summed E-state index contributed by atoms with van der Waals surface area (Å²) in [5, 5.41) is 1.97. The average molecular weight is 238 g/mol.